The molecule has 0 aromatic heterocycles. The van der Waals surface area contributed by atoms with Crippen molar-refractivity contribution in [2.45, 2.75) is 6.04 Å². The SMILES string of the molecule is O=C(O)COCC[NH+]1CC[NH+](C(c2ccccc2)c2ccc(Cl)cc2)CC1. The van der Waals surface area contributed by atoms with Gasteiger partial charge in [0.05, 0.1) is 6.61 Å². The molecule has 0 bridgehead atoms. The summed E-state index contributed by atoms with van der Waals surface area (Å²) >= 11 is 6.09. The molecule has 144 valence electrons. The zero-order valence-corrected chi connectivity index (χ0v) is 16.1. The molecule has 2 aromatic carbocycles. The lowest BCUT2D eigenvalue weighted by molar-refractivity contribution is -1.02. The lowest BCUT2D eigenvalue weighted by atomic mass is 9.96. The molecule has 3 rings (SSSR count). The van der Waals surface area contributed by atoms with Crippen LogP contribution in [0, 0.1) is 0 Å². The molecule has 0 radical (unpaired) electrons. The van der Waals surface area contributed by atoms with E-state index < -0.39 is 5.97 Å². The summed E-state index contributed by atoms with van der Waals surface area (Å²) in [6.07, 6.45) is 0. The van der Waals surface area contributed by atoms with Gasteiger partial charge in [-0.3, -0.25) is 0 Å². The highest BCUT2D eigenvalue weighted by Crippen LogP contribution is 2.21. The molecular weight excluding hydrogens is 364 g/mol. The van der Waals surface area contributed by atoms with Crippen LogP contribution in [0.4, 0.5) is 0 Å². The monoisotopic (exact) mass is 390 g/mol. The summed E-state index contributed by atoms with van der Waals surface area (Å²) in [5.41, 5.74) is 2.61. The number of halogens is 1. The number of ether oxygens (including phenoxy) is 1. The molecule has 1 fully saturated rings. The summed E-state index contributed by atoms with van der Waals surface area (Å²) in [5, 5.41) is 9.40. The summed E-state index contributed by atoms with van der Waals surface area (Å²) in [5.74, 6) is -0.909. The minimum Gasteiger partial charge on any atom is -0.480 e. The first-order valence-corrected chi connectivity index (χ1v) is 9.79. The van der Waals surface area contributed by atoms with E-state index in [1.165, 1.54) is 16.0 Å². The quantitative estimate of drug-likeness (QED) is 0.569. The molecule has 1 aliphatic heterocycles. The van der Waals surface area contributed by atoms with Gasteiger partial charge in [-0.05, 0) is 12.1 Å². The molecule has 1 unspecified atom stereocenters. The summed E-state index contributed by atoms with van der Waals surface area (Å²) in [4.78, 5) is 13.5. The fourth-order valence-corrected chi connectivity index (χ4v) is 3.93. The van der Waals surface area contributed by atoms with Crippen LogP contribution in [0.3, 0.4) is 0 Å². The zero-order valence-electron chi connectivity index (χ0n) is 15.4. The number of carboxylic acids is 1. The van der Waals surface area contributed by atoms with Crippen LogP contribution < -0.4 is 9.80 Å². The number of carboxylic acid groups (broad SMARTS) is 1. The standard InChI is InChI=1S/C21H25ClN2O3/c22-19-8-6-18(7-9-19)21(17-4-2-1-3-5-17)24-12-10-23(11-13-24)14-15-27-16-20(25)26/h1-9,21H,10-16H2,(H,25,26)/p+2. The Labute approximate surface area is 165 Å². The van der Waals surface area contributed by atoms with E-state index in [-0.39, 0.29) is 6.61 Å². The van der Waals surface area contributed by atoms with E-state index in [9.17, 15) is 4.79 Å². The fraction of sp³-hybridized carbons (Fsp3) is 0.381. The smallest absolute Gasteiger partial charge is 0.329 e. The number of carbonyl (C=O) groups is 1. The topological polar surface area (TPSA) is 55.4 Å². The van der Waals surface area contributed by atoms with Crippen molar-refractivity contribution in [3.05, 3.63) is 70.7 Å². The highest BCUT2D eigenvalue weighted by Gasteiger charge is 2.31. The van der Waals surface area contributed by atoms with Crippen LogP contribution in [0.25, 0.3) is 0 Å². The van der Waals surface area contributed by atoms with Crippen LogP contribution in [-0.2, 0) is 9.53 Å². The Kier molecular flexibility index (Phi) is 7.24. The Hall–Kier alpha value is -1.92. The Bertz CT molecular complexity index is 716. The first kappa shape index (κ1) is 19.8. The Morgan fingerprint density at radius 2 is 1.63 bits per heavy atom. The highest BCUT2D eigenvalue weighted by atomic mass is 35.5. The van der Waals surface area contributed by atoms with Gasteiger partial charge in [-0.2, -0.15) is 0 Å². The van der Waals surface area contributed by atoms with Crippen LogP contribution in [0.1, 0.15) is 17.2 Å². The lowest BCUT2D eigenvalue weighted by Crippen LogP contribution is -3.28. The first-order valence-electron chi connectivity index (χ1n) is 9.41. The molecular formula is C21H27ClN2O3+2. The predicted molar refractivity (Wildman–Crippen MR) is 104 cm³/mol. The van der Waals surface area contributed by atoms with Crippen LogP contribution >= 0.6 is 11.6 Å². The average molecular weight is 391 g/mol. The molecule has 2 aromatic rings. The van der Waals surface area contributed by atoms with E-state index in [4.69, 9.17) is 21.4 Å². The highest BCUT2D eigenvalue weighted by molar-refractivity contribution is 6.30. The van der Waals surface area contributed by atoms with Crippen LogP contribution in [0.15, 0.2) is 54.6 Å². The van der Waals surface area contributed by atoms with E-state index >= 15 is 0 Å². The van der Waals surface area contributed by atoms with Gasteiger partial charge in [-0.1, -0.05) is 54.1 Å². The van der Waals surface area contributed by atoms with Gasteiger partial charge in [0.25, 0.3) is 0 Å². The second kappa shape index (κ2) is 9.85. The number of rotatable bonds is 8. The molecule has 27 heavy (non-hydrogen) atoms. The molecule has 6 heteroatoms. The van der Waals surface area contributed by atoms with Crippen LogP contribution in [-0.4, -0.2) is 57.0 Å². The third-order valence-electron chi connectivity index (χ3n) is 5.17. The van der Waals surface area contributed by atoms with Crippen molar-refractivity contribution in [2.24, 2.45) is 0 Å². The molecule has 1 aliphatic rings. The number of piperazine rings is 1. The van der Waals surface area contributed by atoms with Crippen molar-refractivity contribution in [2.75, 3.05) is 45.9 Å². The summed E-state index contributed by atoms with van der Waals surface area (Å²) in [6, 6.07) is 19.1. The van der Waals surface area contributed by atoms with E-state index in [2.05, 4.69) is 42.5 Å². The van der Waals surface area contributed by atoms with E-state index in [1.54, 1.807) is 4.90 Å². The first-order chi connectivity index (χ1) is 13.1. The van der Waals surface area contributed by atoms with Gasteiger partial charge < -0.3 is 19.6 Å². The molecule has 0 spiro atoms. The molecule has 1 heterocycles. The third kappa shape index (κ3) is 5.78. The van der Waals surface area contributed by atoms with Crippen molar-refractivity contribution in [1.29, 1.82) is 0 Å². The normalized spacial score (nSPS) is 20.9. The Balaban J connectivity index is 1.63. The third-order valence-corrected chi connectivity index (χ3v) is 5.42. The number of benzene rings is 2. The van der Waals surface area contributed by atoms with Gasteiger partial charge >= 0.3 is 5.97 Å². The molecule has 3 N–H and O–H groups in total. The maximum Gasteiger partial charge on any atom is 0.329 e. The molecule has 0 aliphatic carbocycles. The summed E-state index contributed by atoms with van der Waals surface area (Å²) in [7, 11) is 0. The van der Waals surface area contributed by atoms with Gasteiger partial charge in [-0.25, -0.2) is 4.79 Å². The maximum absolute atomic E-state index is 10.5. The maximum atomic E-state index is 10.5. The van der Waals surface area contributed by atoms with E-state index in [0.29, 0.717) is 12.6 Å². The average Bonchev–Trinajstić information content (AvgIpc) is 2.69. The van der Waals surface area contributed by atoms with Crippen molar-refractivity contribution in [3.8, 4) is 0 Å². The van der Waals surface area contributed by atoms with Gasteiger partial charge in [0.1, 0.15) is 45.4 Å². The molecule has 5 nitrogen and oxygen atoms in total. The van der Waals surface area contributed by atoms with E-state index in [0.717, 1.165) is 37.7 Å². The van der Waals surface area contributed by atoms with Gasteiger partial charge in [0, 0.05) is 16.1 Å². The number of hydrogen-bond acceptors (Lipinski definition) is 2. The van der Waals surface area contributed by atoms with Gasteiger partial charge in [0.2, 0.25) is 0 Å². The predicted octanol–water partition coefficient (Wildman–Crippen LogP) is 0.314. The number of aliphatic carboxylic acids is 1. The Morgan fingerprint density at radius 1 is 1.00 bits per heavy atom. The van der Waals surface area contributed by atoms with Crippen molar-refractivity contribution >= 4 is 17.6 Å². The second-order valence-corrected chi connectivity index (χ2v) is 7.44. The minimum absolute atomic E-state index is 0.211. The molecule has 1 saturated heterocycles. The number of hydrogen-bond donors (Lipinski definition) is 3. The largest absolute Gasteiger partial charge is 0.480 e. The van der Waals surface area contributed by atoms with Crippen LogP contribution in [0.2, 0.25) is 5.02 Å². The van der Waals surface area contributed by atoms with Crippen molar-refractivity contribution in [3.63, 3.8) is 0 Å². The zero-order chi connectivity index (χ0) is 19.1. The molecule has 0 amide bonds. The summed E-state index contributed by atoms with van der Waals surface area (Å²) in [6.45, 7) is 5.39. The lowest BCUT2D eigenvalue weighted by Gasteiger charge is -2.35. The number of nitrogens with one attached hydrogen (secondary N) is 2. The van der Waals surface area contributed by atoms with E-state index in [1.807, 2.05) is 12.1 Å². The molecule has 1 atom stereocenters. The Morgan fingerprint density at radius 3 is 2.26 bits per heavy atom. The minimum atomic E-state index is -0.909. The van der Waals surface area contributed by atoms with Crippen molar-refractivity contribution in [1.82, 2.24) is 0 Å². The number of quaternary nitrogens is 2. The van der Waals surface area contributed by atoms with Crippen LogP contribution in [0.5, 0.6) is 0 Å². The van der Waals surface area contributed by atoms with Gasteiger partial charge in [-0.15, -0.1) is 0 Å². The second-order valence-electron chi connectivity index (χ2n) is 7.00. The van der Waals surface area contributed by atoms with Crippen molar-refractivity contribution < 1.29 is 24.4 Å². The summed E-state index contributed by atoms with van der Waals surface area (Å²) < 4.78 is 5.18. The van der Waals surface area contributed by atoms with Gasteiger partial charge in [0.15, 0.2) is 0 Å². The fourth-order valence-electron chi connectivity index (χ4n) is 3.80. The molecule has 0 saturated carbocycles.